The summed E-state index contributed by atoms with van der Waals surface area (Å²) in [7, 11) is 4.56. The van der Waals surface area contributed by atoms with Crippen molar-refractivity contribution in [2.24, 2.45) is 0 Å². The Hall–Kier alpha value is -1.98. The molecule has 0 saturated carbocycles. The second kappa shape index (κ2) is 6.65. The van der Waals surface area contributed by atoms with Crippen LogP contribution in [0.5, 0.6) is 17.2 Å². The van der Waals surface area contributed by atoms with Gasteiger partial charge in [-0.2, -0.15) is 0 Å². The number of rotatable bonds is 5. The topological polar surface area (TPSA) is 60.8 Å². The van der Waals surface area contributed by atoms with Crippen LogP contribution in [0.15, 0.2) is 30.6 Å². The fourth-order valence-corrected chi connectivity index (χ4v) is 2.33. The summed E-state index contributed by atoms with van der Waals surface area (Å²) < 4.78 is 15.5. The summed E-state index contributed by atoms with van der Waals surface area (Å²) in [5.41, 5.74) is 1.08. The monoisotopic (exact) mass is 309 g/mol. The zero-order valence-corrected chi connectivity index (χ0v) is 12.7. The van der Waals surface area contributed by atoms with Crippen LogP contribution in [0.2, 0.25) is 5.02 Å². The molecule has 0 aliphatic heterocycles. The van der Waals surface area contributed by atoms with Gasteiger partial charge in [0.25, 0.3) is 0 Å². The molecule has 21 heavy (non-hydrogen) atoms. The molecule has 0 bridgehead atoms. The Balaban J connectivity index is 2.45. The standard InChI is InChI=1S/C15H16ClNO4/c1-19-10-6-9(7-17-8-10)14(18)11-4-5-12(20-2)15(21-3)13(11)16/h4-8,14,18H,1-3H3. The van der Waals surface area contributed by atoms with Gasteiger partial charge in [0.15, 0.2) is 11.5 Å². The van der Waals surface area contributed by atoms with Gasteiger partial charge in [-0.3, -0.25) is 4.98 Å². The number of aliphatic hydroxyl groups is 1. The van der Waals surface area contributed by atoms with E-state index in [1.807, 2.05) is 0 Å². The lowest BCUT2D eigenvalue weighted by atomic mass is 10.0. The maximum Gasteiger partial charge on any atom is 0.179 e. The number of ether oxygens (including phenoxy) is 3. The molecule has 1 heterocycles. The van der Waals surface area contributed by atoms with Crippen LogP contribution in [-0.2, 0) is 0 Å². The third-order valence-electron chi connectivity index (χ3n) is 3.10. The van der Waals surface area contributed by atoms with E-state index in [-0.39, 0.29) is 0 Å². The van der Waals surface area contributed by atoms with Crippen molar-refractivity contribution in [1.82, 2.24) is 4.98 Å². The minimum atomic E-state index is -0.945. The number of hydrogen-bond acceptors (Lipinski definition) is 5. The third-order valence-corrected chi connectivity index (χ3v) is 3.49. The minimum Gasteiger partial charge on any atom is -0.495 e. The average molecular weight is 310 g/mol. The van der Waals surface area contributed by atoms with Crippen LogP contribution >= 0.6 is 11.6 Å². The van der Waals surface area contributed by atoms with Gasteiger partial charge in [-0.25, -0.2) is 0 Å². The zero-order chi connectivity index (χ0) is 15.4. The molecule has 6 heteroatoms. The molecular formula is C15H16ClNO4. The van der Waals surface area contributed by atoms with Crippen molar-refractivity contribution in [3.8, 4) is 17.2 Å². The second-order valence-corrected chi connectivity index (χ2v) is 4.64. The summed E-state index contributed by atoms with van der Waals surface area (Å²) in [6, 6.07) is 5.08. The molecule has 0 spiro atoms. The molecule has 0 aliphatic rings. The summed E-state index contributed by atoms with van der Waals surface area (Å²) in [5, 5.41) is 10.8. The van der Waals surface area contributed by atoms with Gasteiger partial charge in [0, 0.05) is 17.3 Å². The molecule has 1 aromatic heterocycles. The largest absolute Gasteiger partial charge is 0.495 e. The maximum atomic E-state index is 10.5. The quantitative estimate of drug-likeness (QED) is 0.920. The Morgan fingerprint density at radius 2 is 1.86 bits per heavy atom. The maximum absolute atomic E-state index is 10.5. The van der Waals surface area contributed by atoms with Crippen LogP contribution in [0.4, 0.5) is 0 Å². The summed E-state index contributed by atoms with van der Waals surface area (Å²) in [6.45, 7) is 0. The van der Waals surface area contributed by atoms with Gasteiger partial charge < -0.3 is 19.3 Å². The number of pyridine rings is 1. The second-order valence-electron chi connectivity index (χ2n) is 4.26. The SMILES string of the molecule is COc1cncc(C(O)c2ccc(OC)c(OC)c2Cl)c1. The first kappa shape index (κ1) is 15.4. The van der Waals surface area contributed by atoms with E-state index in [1.54, 1.807) is 30.6 Å². The van der Waals surface area contributed by atoms with E-state index >= 15 is 0 Å². The first-order valence-corrected chi connectivity index (χ1v) is 6.57. The highest BCUT2D eigenvalue weighted by Gasteiger charge is 2.20. The molecule has 0 radical (unpaired) electrons. The summed E-state index contributed by atoms with van der Waals surface area (Å²) in [6.07, 6.45) is 2.17. The Kier molecular flexibility index (Phi) is 4.88. The van der Waals surface area contributed by atoms with Crippen molar-refractivity contribution in [2.45, 2.75) is 6.10 Å². The van der Waals surface area contributed by atoms with Crippen LogP contribution in [-0.4, -0.2) is 31.4 Å². The molecule has 0 amide bonds. The van der Waals surface area contributed by atoms with Crippen LogP contribution in [0, 0.1) is 0 Å². The van der Waals surface area contributed by atoms with Crippen molar-refractivity contribution < 1.29 is 19.3 Å². The number of aliphatic hydroxyl groups excluding tert-OH is 1. The fourth-order valence-electron chi connectivity index (χ4n) is 1.99. The number of benzene rings is 1. The van der Waals surface area contributed by atoms with Gasteiger partial charge in [-0.05, 0) is 12.1 Å². The van der Waals surface area contributed by atoms with Crippen molar-refractivity contribution in [3.05, 3.63) is 46.7 Å². The summed E-state index contributed by atoms with van der Waals surface area (Å²) in [5.74, 6) is 1.44. The van der Waals surface area contributed by atoms with Crippen molar-refractivity contribution in [1.29, 1.82) is 0 Å². The van der Waals surface area contributed by atoms with E-state index in [9.17, 15) is 5.11 Å². The molecule has 112 valence electrons. The van der Waals surface area contributed by atoms with Gasteiger partial charge in [-0.15, -0.1) is 0 Å². The Bertz CT molecular complexity index is 633. The predicted molar refractivity (Wildman–Crippen MR) is 79.4 cm³/mol. The number of hydrogen-bond donors (Lipinski definition) is 1. The van der Waals surface area contributed by atoms with Crippen LogP contribution in [0.3, 0.4) is 0 Å². The number of nitrogens with zero attached hydrogens (tertiary/aromatic N) is 1. The van der Waals surface area contributed by atoms with E-state index in [4.69, 9.17) is 25.8 Å². The Labute approximate surface area is 128 Å². The molecule has 5 nitrogen and oxygen atoms in total. The Morgan fingerprint density at radius 1 is 1.10 bits per heavy atom. The highest BCUT2D eigenvalue weighted by molar-refractivity contribution is 6.33. The van der Waals surface area contributed by atoms with Crippen molar-refractivity contribution in [3.63, 3.8) is 0 Å². The lowest BCUT2D eigenvalue weighted by Crippen LogP contribution is -2.03. The molecule has 1 atom stereocenters. The normalized spacial score (nSPS) is 11.9. The number of aromatic nitrogens is 1. The lowest BCUT2D eigenvalue weighted by molar-refractivity contribution is 0.218. The highest BCUT2D eigenvalue weighted by Crippen LogP contribution is 2.41. The predicted octanol–water partition coefficient (Wildman–Crippen LogP) is 2.84. The minimum absolute atomic E-state index is 0.298. The first-order valence-electron chi connectivity index (χ1n) is 6.19. The van der Waals surface area contributed by atoms with Gasteiger partial charge >= 0.3 is 0 Å². The fraction of sp³-hybridized carbons (Fsp3) is 0.267. The molecular weight excluding hydrogens is 294 g/mol. The lowest BCUT2D eigenvalue weighted by Gasteiger charge is -2.17. The molecule has 0 aliphatic carbocycles. The smallest absolute Gasteiger partial charge is 0.179 e. The summed E-state index contributed by atoms with van der Waals surface area (Å²) >= 11 is 6.29. The number of halogens is 1. The van der Waals surface area contributed by atoms with Gasteiger partial charge in [0.1, 0.15) is 11.9 Å². The van der Waals surface area contributed by atoms with Gasteiger partial charge in [-0.1, -0.05) is 17.7 Å². The van der Waals surface area contributed by atoms with Crippen LogP contribution < -0.4 is 14.2 Å². The first-order chi connectivity index (χ1) is 10.1. The number of methoxy groups -OCH3 is 3. The third kappa shape index (κ3) is 3.04. The van der Waals surface area contributed by atoms with Gasteiger partial charge in [0.05, 0.1) is 32.5 Å². The van der Waals surface area contributed by atoms with Crippen LogP contribution in [0.25, 0.3) is 0 Å². The highest BCUT2D eigenvalue weighted by atomic mass is 35.5. The van der Waals surface area contributed by atoms with Gasteiger partial charge in [0.2, 0.25) is 0 Å². The molecule has 0 saturated heterocycles. The van der Waals surface area contributed by atoms with Crippen molar-refractivity contribution in [2.75, 3.05) is 21.3 Å². The molecule has 2 rings (SSSR count). The molecule has 1 N–H and O–H groups in total. The molecule has 0 fully saturated rings. The molecule has 2 aromatic rings. The van der Waals surface area contributed by atoms with E-state index in [0.29, 0.717) is 33.4 Å². The average Bonchev–Trinajstić information content (AvgIpc) is 2.53. The molecule has 1 unspecified atom stereocenters. The van der Waals surface area contributed by atoms with E-state index in [1.165, 1.54) is 21.3 Å². The molecule has 1 aromatic carbocycles. The Morgan fingerprint density at radius 3 is 2.48 bits per heavy atom. The summed E-state index contributed by atoms with van der Waals surface area (Å²) in [4.78, 5) is 4.02. The van der Waals surface area contributed by atoms with Crippen LogP contribution in [0.1, 0.15) is 17.2 Å². The van der Waals surface area contributed by atoms with E-state index in [2.05, 4.69) is 4.98 Å². The van der Waals surface area contributed by atoms with E-state index < -0.39 is 6.10 Å². The zero-order valence-electron chi connectivity index (χ0n) is 12.0. The van der Waals surface area contributed by atoms with E-state index in [0.717, 1.165) is 0 Å². The van der Waals surface area contributed by atoms with Crippen molar-refractivity contribution >= 4 is 11.6 Å².